The van der Waals surface area contributed by atoms with Gasteiger partial charge >= 0.3 is 0 Å². The van der Waals surface area contributed by atoms with Gasteiger partial charge in [0.05, 0.1) is 18.6 Å². The van der Waals surface area contributed by atoms with Gasteiger partial charge in [-0.1, -0.05) is 25.5 Å². The van der Waals surface area contributed by atoms with Crippen LogP contribution >= 0.6 is 11.8 Å². The molecule has 31 heavy (non-hydrogen) atoms. The monoisotopic (exact) mass is 440 g/mol. The first-order chi connectivity index (χ1) is 15.0. The number of hydrogen-bond donors (Lipinski definition) is 1. The molecule has 0 aliphatic carbocycles. The van der Waals surface area contributed by atoms with Crippen molar-refractivity contribution >= 4 is 40.6 Å². The molecule has 1 heterocycles. The molecule has 2 aromatic carbocycles. The Morgan fingerprint density at radius 3 is 2.39 bits per heavy atom. The lowest BCUT2D eigenvalue weighted by Crippen LogP contribution is -2.36. The number of rotatable bonds is 9. The zero-order valence-electron chi connectivity index (χ0n) is 17.4. The first-order valence-corrected chi connectivity index (χ1v) is 10.7. The van der Waals surface area contributed by atoms with Gasteiger partial charge in [-0.05, 0) is 66.2 Å². The maximum atomic E-state index is 12.6. The summed E-state index contributed by atoms with van der Waals surface area (Å²) < 4.78 is 10.7. The molecule has 1 saturated heterocycles. The maximum absolute atomic E-state index is 12.6. The molecule has 3 amide bonds. The van der Waals surface area contributed by atoms with E-state index in [-0.39, 0.29) is 11.4 Å². The summed E-state index contributed by atoms with van der Waals surface area (Å²) in [5, 5.41) is 2.20. The average Bonchev–Trinajstić information content (AvgIpc) is 3.03. The molecule has 0 bridgehead atoms. The van der Waals surface area contributed by atoms with E-state index in [9.17, 15) is 14.4 Å². The van der Waals surface area contributed by atoms with E-state index in [2.05, 4.69) is 12.2 Å². The molecule has 0 radical (unpaired) electrons. The third-order valence-electron chi connectivity index (χ3n) is 4.49. The number of anilines is 1. The summed E-state index contributed by atoms with van der Waals surface area (Å²) in [6, 6.07) is 14.1. The van der Waals surface area contributed by atoms with E-state index >= 15 is 0 Å². The predicted octanol–water partition coefficient (Wildman–Crippen LogP) is 4.55. The average molecular weight is 441 g/mol. The van der Waals surface area contributed by atoms with Gasteiger partial charge in [0.25, 0.3) is 11.1 Å². The molecule has 162 valence electrons. The molecule has 0 aromatic heterocycles. The van der Waals surface area contributed by atoms with Crippen molar-refractivity contribution in [3.05, 3.63) is 59.0 Å². The number of ether oxygens (including phenoxy) is 2. The normalized spacial score (nSPS) is 14.8. The lowest BCUT2D eigenvalue weighted by molar-refractivity contribution is -0.127. The van der Waals surface area contributed by atoms with Crippen LogP contribution in [0, 0.1) is 0 Å². The Hall–Kier alpha value is -3.26. The van der Waals surface area contributed by atoms with Crippen LogP contribution in [0.2, 0.25) is 0 Å². The molecule has 7 nitrogen and oxygen atoms in total. The smallest absolute Gasteiger partial charge is 0.294 e. The summed E-state index contributed by atoms with van der Waals surface area (Å²) in [7, 11) is 1.55. The summed E-state index contributed by atoms with van der Waals surface area (Å²) in [6.07, 6.45) is 3.69. The number of methoxy groups -OCH3 is 1. The number of amides is 3. The Labute approximate surface area is 185 Å². The highest BCUT2D eigenvalue weighted by Gasteiger charge is 2.36. The highest BCUT2D eigenvalue weighted by molar-refractivity contribution is 8.18. The Kier molecular flexibility index (Phi) is 7.72. The van der Waals surface area contributed by atoms with Gasteiger partial charge in [-0.15, -0.1) is 0 Å². The quantitative estimate of drug-likeness (QED) is 0.455. The molecule has 8 heteroatoms. The fourth-order valence-electron chi connectivity index (χ4n) is 2.80. The number of unbranched alkanes of at least 4 members (excludes halogenated alkanes) is 1. The van der Waals surface area contributed by atoms with Crippen LogP contribution in [0.5, 0.6) is 11.5 Å². The van der Waals surface area contributed by atoms with Crippen molar-refractivity contribution in [1.29, 1.82) is 0 Å². The van der Waals surface area contributed by atoms with Crippen LogP contribution in [0.1, 0.15) is 25.3 Å². The molecule has 1 fully saturated rings. The summed E-state index contributed by atoms with van der Waals surface area (Å²) in [6.45, 7) is 2.41. The van der Waals surface area contributed by atoms with Crippen molar-refractivity contribution in [2.24, 2.45) is 0 Å². The van der Waals surface area contributed by atoms with E-state index in [1.54, 1.807) is 37.5 Å². The van der Waals surface area contributed by atoms with E-state index < -0.39 is 17.1 Å². The van der Waals surface area contributed by atoms with Crippen LogP contribution in [0.4, 0.5) is 10.5 Å². The van der Waals surface area contributed by atoms with E-state index in [1.807, 2.05) is 24.3 Å². The summed E-state index contributed by atoms with van der Waals surface area (Å²) >= 11 is 0.822. The molecule has 0 unspecified atom stereocenters. The minimum absolute atomic E-state index is 0.280. The van der Waals surface area contributed by atoms with Gasteiger partial charge < -0.3 is 14.8 Å². The largest absolute Gasteiger partial charge is 0.497 e. The zero-order valence-corrected chi connectivity index (χ0v) is 18.2. The minimum Gasteiger partial charge on any atom is -0.497 e. The Bertz CT molecular complexity index is 970. The number of benzene rings is 2. The van der Waals surface area contributed by atoms with Gasteiger partial charge in [-0.3, -0.25) is 19.3 Å². The first kappa shape index (κ1) is 22.4. The molecule has 1 N–H and O–H groups in total. The van der Waals surface area contributed by atoms with E-state index in [4.69, 9.17) is 9.47 Å². The Morgan fingerprint density at radius 2 is 1.74 bits per heavy atom. The number of nitrogens with one attached hydrogen (secondary N) is 1. The zero-order chi connectivity index (χ0) is 22.2. The third-order valence-corrected chi connectivity index (χ3v) is 5.40. The van der Waals surface area contributed by atoms with Crippen molar-refractivity contribution in [3.8, 4) is 11.5 Å². The molecule has 0 saturated carbocycles. The second-order valence-corrected chi connectivity index (χ2v) is 7.81. The van der Waals surface area contributed by atoms with Crippen molar-refractivity contribution in [1.82, 2.24) is 4.90 Å². The van der Waals surface area contributed by atoms with Crippen LogP contribution in [0.25, 0.3) is 6.08 Å². The molecule has 0 spiro atoms. The van der Waals surface area contributed by atoms with Gasteiger partial charge in [-0.2, -0.15) is 0 Å². The SMILES string of the molecule is CCCCOc1ccc(/C=C2\SC(=O)N(CC(=O)Nc3ccc(OC)cc3)C2=O)cc1. The first-order valence-electron chi connectivity index (χ1n) is 9.92. The van der Waals surface area contributed by atoms with Crippen LogP contribution in [0.3, 0.4) is 0 Å². The summed E-state index contributed by atoms with van der Waals surface area (Å²) in [5.41, 5.74) is 1.32. The van der Waals surface area contributed by atoms with Gasteiger partial charge in [0.15, 0.2) is 0 Å². The lowest BCUT2D eigenvalue weighted by Gasteiger charge is -2.12. The van der Waals surface area contributed by atoms with Gasteiger partial charge in [0, 0.05) is 5.69 Å². The molecule has 1 aliphatic heterocycles. The fraction of sp³-hybridized carbons (Fsp3) is 0.261. The van der Waals surface area contributed by atoms with Crippen LogP contribution in [-0.4, -0.2) is 42.2 Å². The standard InChI is InChI=1S/C23H24N2O5S/c1-3-4-13-30-19-9-5-16(6-10-19)14-20-22(27)25(23(28)31-20)15-21(26)24-17-7-11-18(29-2)12-8-17/h5-12,14H,3-4,13,15H2,1-2H3,(H,24,26)/b20-14-. The van der Waals surface area contributed by atoms with Gasteiger partial charge in [-0.25, -0.2) is 0 Å². The van der Waals surface area contributed by atoms with Crippen LogP contribution in [0.15, 0.2) is 53.4 Å². The number of carbonyl (C=O) groups excluding carboxylic acids is 3. The second kappa shape index (κ2) is 10.7. The van der Waals surface area contributed by atoms with E-state index in [0.717, 1.165) is 40.8 Å². The summed E-state index contributed by atoms with van der Waals surface area (Å²) in [4.78, 5) is 38.4. The predicted molar refractivity (Wildman–Crippen MR) is 121 cm³/mol. The Balaban J connectivity index is 1.59. The fourth-order valence-corrected chi connectivity index (χ4v) is 3.64. The van der Waals surface area contributed by atoms with Crippen molar-refractivity contribution in [2.75, 3.05) is 25.6 Å². The molecular weight excluding hydrogens is 416 g/mol. The number of thioether (sulfide) groups is 1. The van der Waals surface area contributed by atoms with Gasteiger partial charge in [0.1, 0.15) is 18.0 Å². The van der Waals surface area contributed by atoms with E-state index in [0.29, 0.717) is 18.0 Å². The highest BCUT2D eigenvalue weighted by atomic mass is 32.2. The van der Waals surface area contributed by atoms with Crippen molar-refractivity contribution in [2.45, 2.75) is 19.8 Å². The summed E-state index contributed by atoms with van der Waals surface area (Å²) in [5.74, 6) is 0.481. The van der Waals surface area contributed by atoms with Crippen molar-refractivity contribution < 1.29 is 23.9 Å². The van der Waals surface area contributed by atoms with Crippen LogP contribution < -0.4 is 14.8 Å². The second-order valence-electron chi connectivity index (χ2n) is 6.82. The van der Waals surface area contributed by atoms with Gasteiger partial charge in [0.2, 0.25) is 5.91 Å². The molecule has 0 atom stereocenters. The molecular formula is C23H24N2O5S. The number of nitrogens with zero attached hydrogens (tertiary/aromatic N) is 1. The molecule has 1 aliphatic rings. The molecule has 2 aromatic rings. The molecule has 3 rings (SSSR count). The van der Waals surface area contributed by atoms with Crippen molar-refractivity contribution in [3.63, 3.8) is 0 Å². The van der Waals surface area contributed by atoms with Crippen LogP contribution in [-0.2, 0) is 9.59 Å². The number of hydrogen-bond acceptors (Lipinski definition) is 6. The topological polar surface area (TPSA) is 84.9 Å². The maximum Gasteiger partial charge on any atom is 0.294 e. The third kappa shape index (κ3) is 6.11. The number of imide groups is 1. The lowest BCUT2D eigenvalue weighted by atomic mass is 10.2. The number of carbonyl (C=O) groups is 3. The van der Waals surface area contributed by atoms with E-state index in [1.165, 1.54) is 0 Å². The highest BCUT2D eigenvalue weighted by Crippen LogP contribution is 2.32. The minimum atomic E-state index is -0.483. The Morgan fingerprint density at radius 1 is 1.06 bits per heavy atom.